The summed E-state index contributed by atoms with van der Waals surface area (Å²) in [6.07, 6.45) is 1.16. The summed E-state index contributed by atoms with van der Waals surface area (Å²) in [6.45, 7) is 0.773. The van der Waals surface area contributed by atoms with Crippen molar-refractivity contribution in [2.24, 2.45) is 0 Å². The molecule has 0 saturated carbocycles. The van der Waals surface area contributed by atoms with Crippen LogP contribution in [0.5, 0.6) is 0 Å². The van der Waals surface area contributed by atoms with Crippen LogP contribution in [-0.2, 0) is 11.3 Å². The highest BCUT2D eigenvalue weighted by molar-refractivity contribution is 5.76. The second kappa shape index (κ2) is 5.96. The Morgan fingerprint density at radius 3 is 2.95 bits per heavy atom. The first-order chi connectivity index (χ1) is 9.49. The molecule has 1 unspecified atom stereocenters. The van der Waals surface area contributed by atoms with Gasteiger partial charge in [0.05, 0.1) is 4.92 Å². The Morgan fingerprint density at radius 1 is 1.55 bits per heavy atom. The summed E-state index contributed by atoms with van der Waals surface area (Å²) in [7, 11) is 1.73. The van der Waals surface area contributed by atoms with Gasteiger partial charge in [0.1, 0.15) is 0 Å². The number of likely N-dealkylation sites (N-methyl/N-ethyl adjacent to an activating group) is 1. The molecular formula is C13H16FN3O3. The van der Waals surface area contributed by atoms with E-state index in [0.29, 0.717) is 19.4 Å². The van der Waals surface area contributed by atoms with Crippen LogP contribution in [0.15, 0.2) is 18.2 Å². The molecule has 1 saturated heterocycles. The number of nitro groups is 1. The molecule has 6 nitrogen and oxygen atoms in total. The fourth-order valence-electron chi connectivity index (χ4n) is 2.28. The number of amides is 1. The predicted molar refractivity (Wildman–Crippen MR) is 70.6 cm³/mol. The van der Waals surface area contributed by atoms with Crippen molar-refractivity contribution in [1.29, 1.82) is 0 Å². The number of benzene rings is 1. The number of carbonyl (C=O) groups excluding carboxylic acids is 1. The average Bonchev–Trinajstić information content (AvgIpc) is 2.41. The lowest BCUT2D eigenvalue weighted by Crippen LogP contribution is -2.46. The molecule has 108 valence electrons. The second-order valence-corrected chi connectivity index (χ2v) is 4.90. The summed E-state index contributed by atoms with van der Waals surface area (Å²) >= 11 is 0. The molecule has 1 atom stereocenters. The van der Waals surface area contributed by atoms with Crippen molar-refractivity contribution in [1.82, 2.24) is 10.2 Å². The van der Waals surface area contributed by atoms with E-state index in [0.717, 1.165) is 6.07 Å². The zero-order chi connectivity index (χ0) is 14.7. The number of nitrogens with one attached hydrogen (secondary N) is 1. The summed E-state index contributed by atoms with van der Waals surface area (Å²) in [4.78, 5) is 22.9. The Bertz CT molecular complexity index is 536. The number of hydrogen-bond donors (Lipinski definition) is 1. The van der Waals surface area contributed by atoms with Crippen molar-refractivity contribution in [3.63, 3.8) is 0 Å². The van der Waals surface area contributed by atoms with Crippen molar-refractivity contribution in [3.05, 3.63) is 39.7 Å². The van der Waals surface area contributed by atoms with Crippen LogP contribution in [0, 0.1) is 15.9 Å². The van der Waals surface area contributed by atoms with E-state index in [1.165, 1.54) is 12.1 Å². The van der Waals surface area contributed by atoms with Gasteiger partial charge in [0, 0.05) is 44.2 Å². The largest absolute Gasteiger partial charge is 0.344 e. The molecule has 1 amide bonds. The highest BCUT2D eigenvalue weighted by Gasteiger charge is 2.23. The number of likely N-dealkylation sites (tertiary alicyclic amines) is 1. The molecule has 1 fully saturated rings. The molecule has 2 rings (SSSR count). The number of piperidine rings is 1. The van der Waals surface area contributed by atoms with E-state index in [9.17, 15) is 19.3 Å². The van der Waals surface area contributed by atoms with E-state index in [1.54, 1.807) is 11.9 Å². The van der Waals surface area contributed by atoms with Crippen LogP contribution in [0.25, 0.3) is 0 Å². The summed E-state index contributed by atoms with van der Waals surface area (Å²) in [6, 6.07) is 4.21. The zero-order valence-corrected chi connectivity index (χ0v) is 11.1. The highest BCUT2D eigenvalue weighted by Crippen LogP contribution is 2.20. The van der Waals surface area contributed by atoms with E-state index < -0.39 is 16.4 Å². The second-order valence-electron chi connectivity index (χ2n) is 4.90. The first-order valence-corrected chi connectivity index (χ1v) is 6.38. The lowest BCUT2D eigenvalue weighted by atomic mass is 10.1. The number of hydrogen-bond acceptors (Lipinski definition) is 4. The highest BCUT2D eigenvalue weighted by atomic mass is 19.1. The molecule has 1 N–H and O–H groups in total. The minimum Gasteiger partial charge on any atom is -0.344 e. The summed E-state index contributed by atoms with van der Waals surface area (Å²) < 4.78 is 13.9. The van der Waals surface area contributed by atoms with Crippen LogP contribution in [0.1, 0.15) is 18.4 Å². The average molecular weight is 281 g/mol. The van der Waals surface area contributed by atoms with Crippen molar-refractivity contribution < 1.29 is 14.1 Å². The van der Waals surface area contributed by atoms with Crippen LogP contribution >= 0.6 is 0 Å². The maximum Gasteiger partial charge on any atom is 0.305 e. The zero-order valence-electron chi connectivity index (χ0n) is 11.1. The minimum absolute atomic E-state index is 0.0800. The molecular weight excluding hydrogens is 265 g/mol. The third-order valence-corrected chi connectivity index (χ3v) is 3.46. The van der Waals surface area contributed by atoms with Gasteiger partial charge in [-0.2, -0.15) is 4.39 Å². The quantitative estimate of drug-likeness (QED) is 0.669. The Labute approximate surface area is 115 Å². The molecule has 1 aromatic rings. The number of halogens is 1. The molecule has 7 heteroatoms. The lowest BCUT2D eigenvalue weighted by molar-refractivity contribution is -0.387. The first-order valence-electron chi connectivity index (χ1n) is 6.38. The number of nitrogens with zero attached hydrogens (tertiary/aromatic N) is 2. The van der Waals surface area contributed by atoms with Crippen molar-refractivity contribution in [3.8, 4) is 0 Å². The standard InChI is InChI=1S/C13H16FN3O3/c1-16-8-10(5-6-12(16)18)15-7-9-3-2-4-11(13(9)14)17(19)20/h2-4,10,15H,5-8H2,1H3. The molecule has 1 aromatic carbocycles. The van der Waals surface area contributed by atoms with Gasteiger partial charge in [-0.1, -0.05) is 12.1 Å². The van der Waals surface area contributed by atoms with Crippen LogP contribution in [0.3, 0.4) is 0 Å². The molecule has 0 radical (unpaired) electrons. The molecule has 0 aliphatic carbocycles. The van der Waals surface area contributed by atoms with E-state index in [2.05, 4.69) is 5.32 Å². The van der Waals surface area contributed by atoms with Crippen molar-refractivity contribution in [2.45, 2.75) is 25.4 Å². The maximum absolute atomic E-state index is 13.9. The van der Waals surface area contributed by atoms with Gasteiger partial charge < -0.3 is 10.2 Å². The van der Waals surface area contributed by atoms with Gasteiger partial charge in [-0.25, -0.2) is 0 Å². The topological polar surface area (TPSA) is 75.5 Å². The Kier molecular flexibility index (Phi) is 4.29. The minimum atomic E-state index is -0.801. The van der Waals surface area contributed by atoms with Gasteiger partial charge in [0.2, 0.25) is 11.7 Å². The molecule has 1 heterocycles. The van der Waals surface area contributed by atoms with Crippen LogP contribution in [0.4, 0.5) is 10.1 Å². The smallest absolute Gasteiger partial charge is 0.305 e. The number of rotatable bonds is 4. The SMILES string of the molecule is CN1CC(NCc2cccc([N+](=O)[O-])c2F)CCC1=O. The normalized spacial score (nSPS) is 19.2. The lowest BCUT2D eigenvalue weighted by Gasteiger charge is -2.30. The van der Waals surface area contributed by atoms with E-state index >= 15 is 0 Å². The maximum atomic E-state index is 13.9. The van der Waals surface area contributed by atoms with E-state index in [1.807, 2.05) is 0 Å². The molecule has 1 aliphatic heterocycles. The molecule has 0 aromatic heterocycles. The van der Waals surface area contributed by atoms with Crippen molar-refractivity contribution >= 4 is 11.6 Å². The first kappa shape index (κ1) is 14.4. The Morgan fingerprint density at radius 2 is 2.30 bits per heavy atom. The Hall–Kier alpha value is -2.02. The third-order valence-electron chi connectivity index (χ3n) is 3.46. The molecule has 0 spiro atoms. The molecule has 0 bridgehead atoms. The van der Waals surface area contributed by atoms with Gasteiger partial charge in [0.15, 0.2) is 0 Å². The van der Waals surface area contributed by atoms with E-state index in [-0.39, 0.29) is 24.1 Å². The van der Waals surface area contributed by atoms with Gasteiger partial charge in [-0.15, -0.1) is 0 Å². The van der Waals surface area contributed by atoms with Gasteiger partial charge in [0.25, 0.3) is 0 Å². The monoisotopic (exact) mass is 281 g/mol. The van der Waals surface area contributed by atoms with Crippen LogP contribution in [0.2, 0.25) is 0 Å². The van der Waals surface area contributed by atoms with Crippen molar-refractivity contribution in [2.75, 3.05) is 13.6 Å². The number of carbonyl (C=O) groups is 1. The van der Waals surface area contributed by atoms with Gasteiger partial charge >= 0.3 is 5.69 Å². The summed E-state index contributed by atoms with van der Waals surface area (Å²) in [5.74, 6) is -0.699. The van der Waals surface area contributed by atoms with Gasteiger partial charge in [-0.3, -0.25) is 14.9 Å². The number of nitro benzene ring substituents is 1. The molecule has 1 aliphatic rings. The fourth-order valence-corrected chi connectivity index (χ4v) is 2.28. The summed E-state index contributed by atoms with van der Waals surface area (Å²) in [5.41, 5.74) is -0.251. The predicted octanol–water partition coefficient (Wildman–Crippen LogP) is 1.44. The van der Waals surface area contributed by atoms with E-state index in [4.69, 9.17) is 0 Å². The van der Waals surface area contributed by atoms with Crippen LogP contribution in [-0.4, -0.2) is 35.4 Å². The Balaban J connectivity index is 1.99. The van der Waals surface area contributed by atoms with Gasteiger partial charge in [-0.05, 0) is 6.42 Å². The fraction of sp³-hybridized carbons (Fsp3) is 0.462. The summed E-state index contributed by atoms with van der Waals surface area (Å²) in [5, 5.41) is 13.8. The van der Waals surface area contributed by atoms with Crippen LogP contribution < -0.4 is 5.32 Å². The molecule has 20 heavy (non-hydrogen) atoms. The third kappa shape index (κ3) is 3.11.